The minimum absolute atomic E-state index is 0.251. The maximum absolute atomic E-state index is 11.6. The number of hydroxylamine groups is 1. The first-order chi connectivity index (χ1) is 7.42. The Morgan fingerprint density at radius 3 is 2.31 bits per heavy atom. The predicted octanol–water partition coefficient (Wildman–Crippen LogP) is 1.61. The minimum atomic E-state index is -0.396. The molecule has 3 N–H and O–H groups in total. The van der Waals surface area contributed by atoms with Crippen molar-refractivity contribution in [3.05, 3.63) is 35.4 Å². The molecule has 16 heavy (non-hydrogen) atoms. The molecule has 0 aliphatic heterocycles. The molecule has 0 aliphatic carbocycles. The van der Waals surface area contributed by atoms with E-state index in [1.54, 1.807) is 12.1 Å². The molecule has 4 heteroatoms. The van der Waals surface area contributed by atoms with Gasteiger partial charge in [-0.25, -0.2) is 5.48 Å². The van der Waals surface area contributed by atoms with Crippen LogP contribution < -0.4 is 11.2 Å². The fourth-order valence-corrected chi connectivity index (χ4v) is 1.05. The van der Waals surface area contributed by atoms with Crippen LogP contribution in [0.2, 0.25) is 0 Å². The van der Waals surface area contributed by atoms with Crippen molar-refractivity contribution in [2.75, 3.05) is 0 Å². The molecule has 0 aromatic heterocycles. The summed E-state index contributed by atoms with van der Waals surface area (Å²) in [6.45, 7) is 6.07. The number of hydrogen-bond acceptors (Lipinski definition) is 3. The molecule has 0 aliphatic rings. The van der Waals surface area contributed by atoms with E-state index in [1.807, 2.05) is 32.9 Å². The maximum Gasteiger partial charge on any atom is 0.274 e. The molecule has 0 atom stereocenters. The van der Waals surface area contributed by atoms with E-state index in [0.717, 1.165) is 5.56 Å². The average Bonchev–Trinajstić information content (AvgIpc) is 2.25. The summed E-state index contributed by atoms with van der Waals surface area (Å²) in [7, 11) is 0. The Morgan fingerprint density at radius 1 is 1.31 bits per heavy atom. The Bertz CT molecular complexity index is 352. The third-order valence-corrected chi connectivity index (χ3v) is 1.90. The highest BCUT2D eigenvalue weighted by molar-refractivity contribution is 5.93. The van der Waals surface area contributed by atoms with E-state index < -0.39 is 5.60 Å². The van der Waals surface area contributed by atoms with E-state index >= 15 is 0 Å². The van der Waals surface area contributed by atoms with Crippen LogP contribution in [0.25, 0.3) is 0 Å². The molecule has 0 spiro atoms. The van der Waals surface area contributed by atoms with Gasteiger partial charge in [0.1, 0.15) is 0 Å². The first-order valence-corrected chi connectivity index (χ1v) is 5.20. The van der Waals surface area contributed by atoms with Gasteiger partial charge in [-0.2, -0.15) is 0 Å². The van der Waals surface area contributed by atoms with Gasteiger partial charge >= 0.3 is 0 Å². The lowest BCUT2D eigenvalue weighted by Gasteiger charge is -2.18. The highest BCUT2D eigenvalue weighted by atomic mass is 16.7. The summed E-state index contributed by atoms with van der Waals surface area (Å²) in [6.07, 6.45) is 0. The largest absolute Gasteiger partial charge is 0.326 e. The number of carbonyl (C=O) groups excluding carboxylic acids is 1. The van der Waals surface area contributed by atoms with E-state index in [0.29, 0.717) is 12.1 Å². The van der Waals surface area contributed by atoms with Crippen molar-refractivity contribution in [1.82, 2.24) is 5.48 Å². The molecule has 0 bridgehead atoms. The molecule has 88 valence electrons. The van der Waals surface area contributed by atoms with Crippen LogP contribution in [-0.4, -0.2) is 11.5 Å². The first-order valence-electron chi connectivity index (χ1n) is 5.20. The van der Waals surface area contributed by atoms with Crippen molar-refractivity contribution in [3.63, 3.8) is 0 Å². The van der Waals surface area contributed by atoms with E-state index in [4.69, 9.17) is 10.6 Å². The second-order valence-electron chi connectivity index (χ2n) is 4.55. The summed E-state index contributed by atoms with van der Waals surface area (Å²) in [4.78, 5) is 16.8. The van der Waals surface area contributed by atoms with Gasteiger partial charge in [0, 0.05) is 12.1 Å². The highest BCUT2D eigenvalue weighted by Gasteiger charge is 2.13. The van der Waals surface area contributed by atoms with Crippen molar-refractivity contribution >= 4 is 5.91 Å². The van der Waals surface area contributed by atoms with Gasteiger partial charge in [-0.1, -0.05) is 12.1 Å². The lowest BCUT2D eigenvalue weighted by molar-refractivity contribution is -0.0589. The van der Waals surface area contributed by atoms with Crippen LogP contribution in [0.4, 0.5) is 0 Å². The van der Waals surface area contributed by atoms with Crippen molar-refractivity contribution in [2.24, 2.45) is 5.73 Å². The molecule has 0 unspecified atom stereocenters. The van der Waals surface area contributed by atoms with Crippen molar-refractivity contribution in [3.8, 4) is 0 Å². The normalized spacial score (nSPS) is 11.2. The van der Waals surface area contributed by atoms with E-state index in [1.165, 1.54) is 0 Å². The van der Waals surface area contributed by atoms with Crippen molar-refractivity contribution in [2.45, 2.75) is 32.9 Å². The van der Waals surface area contributed by atoms with Gasteiger partial charge in [0.05, 0.1) is 5.60 Å². The number of nitrogens with two attached hydrogens (primary N) is 1. The Hall–Kier alpha value is -1.39. The number of nitrogens with one attached hydrogen (secondary N) is 1. The zero-order valence-corrected chi connectivity index (χ0v) is 9.91. The quantitative estimate of drug-likeness (QED) is 0.763. The first kappa shape index (κ1) is 12.7. The molecule has 4 nitrogen and oxygen atoms in total. The summed E-state index contributed by atoms with van der Waals surface area (Å²) in [5, 5.41) is 0. The maximum atomic E-state index is 11.6. The lowest BCUT2D eigenvalue weighted by Crippen LogP contribution is -2.33. The second kappa shape index (κ2) is 5.09. The molecule has 0 saturated carbocycles. The van der Waals surface area contributed by atoms with E-state index in [2.05, 4.69) is 5.48 Å². The summed E-state index contributed by atoms with van der Waals surface area (Å²) < 4.78 is 0. The molecule has 0 radical (unpaired) electrons. The number of hydrogen-bond donors (Lipinski definition) is 2. The Balaban J connectivity index is 2.59. The smallest absolute Gasteiger partial charge is 0.274 e. The molecule has 0 saturated heterocycles. The van der Waals surface area contributed by atoms with Crippen molar-refractivity contribution in [1.29, 1.82) is 0 Å². The standard InChI is InChI=1S/C12H18N2O2/c1-12(2,3)16-14-11(15)10-6-4-9(8-13)5-7-10/h4-7H,8,13H2,1-3H3,(H,14,15). The monoisotopic (exact) mass is 222 g/mol. The molecular formula is C12H18N2O2. The molecule has 0 heterocycles. The Kier molecular flexibility index (Phi) is 4.04. The summed E-state index contributed by atoms with van der Waals surface area (Å²) in [5.74, 6) is -0.251. The van der Waals surface area contributed by atoms with E-state index in [9.17, 15) is 4.79 Å². The molecule has 0 fully saturated rings. The zero-order valence-electron chi connectivity index (χ0n) is 9.91. The van der Waals surface area contributed by atoms with Gasteiger partial charge in [0.25, 0.3) is 5.91 Å². The topological polar surface area (TPSA) is 64.3 Å². The van der Waals surface area contributed by atoms with Gasteiger partial charge in [-0.15, -0.1) is 0 Å². The van der Waals surface area contributed by atoms with E-state index in [-0.39, 0.29) is 5.91 Å². The van der Waals surface area contributed by atoms with Crippen LogP contribution >= 0.6 is 0 Å². The molecular weight excluding hydrogens is 204 g/mol. The summed E-state index contributed by atoms with van der Waals surface area (Å²) >= 11 is 0. The molecule has 1 rings (SSSR count). The Morgan fingerprint density at radius 2 is 1.88 bits per heavy atom. The van der Waals surface area contributed by atoms with Crippen LogP contribution in [-0.2, 0) is 11.4 Å². The average molecular weight is 222 g/mol. The SMILES string of the molecule is CC(C)(C)ONC(=O)c1ccc(CN)cc1. The lowest BCUT2D eigenvalue weighted by atomic mass is 10.1. The highest BCUT2D eigenvalue weighted by Crippen LogP contribution is 2.07. The number of carbonyl (C=O) groups is 1. The van der Waals surface area contributed by atoms with Gasteiger partial charge in [0.2, 0.25) is 0 Å². The molecule has 1 aromatic carbocycles. The fraction of sp³-hybridized carbons (Fsp3) is 0.417. The zero-order chi connectivity index (χ0) is 12.2. The third-order valence-electron chi connectivity index (χ3n) is 1.90. The summed E-state index contributed by atoms with van der Waals surface area (Å²) in [6, 6.07) is 7.10. The van der Waals surface area contributed by atoms with Crippen LogP contribution in [0.3, 0.4) is 0 Å². The number of amides is 1. The second-order valence-corrected chi connectivity index (χ2v) is 4.55. The van der Waals surface area contributed by atoms with Gasteiger partial charge in [0.15, 0.2) is 0 Å². The van der Waals surface area contributed by atoms with Crippen molar-refractivity contribution < 1.29 is 9.63 Å². The fourth-order valence-electron chi connectivity index (χ4n) is 1.05. The molecule has 1 amide bonds. The van der Waals surface area contributed by atoms with Crippen LogP contribution in [0.5, 0.6) is 0 Å². The third kappa shape index (κ3) is 4.00. The molecule has 1 aromatic rings. The van der Waals surface area contributed by atoms with Gasteiger partial charge in [-0.05, 0) is 38.5 Å². The predicted molar refractivity (Wildman–Crippen MR) is 62.6 cm³/mol. The number of rotatable bonds is 3. The van der Waals surface area contributed by atoms with Crippen LogP contribution in [0.15, 0.2) is 24.3 Å². The van der Waals surface area contributed by atoms with Crippen LogP contribution in [0, 0.1) is 0 Å². The Labute approximate surface area is 95.7 Å². The number of benzene rings is 1. The van der Waals surface area contributed by atoms with Gasteiger partial charge in [-0.3, -0.25) is 9.63 Å². The van der Waals surface area contributed by atoms with Gasteiger partial charge < -0.3 is 5.73 Å². The van der Waals surface area contributed by atoms with Crippen LogP contribution in [0.1, 0.15) is 36.7 Å². The summed E-state index contributed by atoms with van der Waals surface area (Å²) in [5.41, 5.74) is 9.03. The minimum Gasteiger partial charge on any atom is -0.326 e.